The summed E-state index contributed by atoms with van der Waals surface area (Å²) in [6, 6.07) is 10.7. The molecule has 2 rings (SSSR count). The van der Waals surface area contributed by atoms with Crippen LogP contribution in [-0.4, -0.2) is 17.5 Å². The third-order valence-corrected chi connectivity index (χ3v) is 3.68. The van der Waals surface area contributed by atoms with Gasteiger partial charge in [-0.25, -0.2) is 5.43 Å². The number of anilines is 1. The molecule has 0 bridgehead atoms. The lowest BCUT2D eigenvalue weighted by Crippen LogP contribution is -2.33. The van der Waals surface area contributed by atoms with Crippen molar-refractivity contribution in [3.63, 3.8) is 0 Å². The fourth-order valence-corrected chi connectivity index (χ4v) is 2.14. The van der Waals surface area contributed by atoms with Crippen LogP contribution in [0.25, 0.3) is 0 Å². The van der Waals surface area contributed by atoms with E-state index in [0.717, 1.165) is 5.76 Å². The van der Waals surface area contributed by atoms with Gasteiger partial charge < -0.3 is 9.73 Å². The van der Waals surface area contributed by atoms with Crippen LogP contribution in [0.4, 0.5) is 5.69 Å². The van der Waals surface area contributed by atoms with Gasteiger partial charge in [-0.1, -0.05) is 12.1 Å². The zero-order valence-electron chi connectivity index (χ0n) is 12.5. The lowest BCUT2D eigenvalue weighted by molar-refractivity contribution is -0.136. The quantitative estimate of drug-likeness (QED) is 0.477. The number of furan rings is 1. The van der Waals surface area contributed by atoms with Crippen molar-refractivity contribution in [3.8, 4) is 0 Å². The Bertz CT molecular complexity index is 711. The van der Waals surface area contributed by atoms with Gasteiger partial charge in [0.15, 0.2) is 0 Å². The van der Waals surface area contributed by atoms with Gasteiger partial charge in [0.2, 0.25) is 0 Å². The van der Waals surface area contributed by atoms with Gasteiger partial charge in [-0.2, -0.15) is 5.10 Å². The zero-order valence-corrected chi connectivity index (χ0v) is 14.1. The first-order valence-corrected chi connectivity index (χ1v) is 7.77. The molecule has 0 saturated heterocycles. The summed E-state index contributed by atoms with van der Waals surface area (Å²) in [5, 5.41) is 6.42. The Hall–Kier alpha value is -2.41. The monoisotopic (exact) mass is 377 g/mol. The van der Waals surface area contributed by atoms with Crippen LogP contribution in [0, 0.1) is 0 Å². The van der Waals surface area contributed by atoms with E-state index < -0.39 is 11.8 Å². The maximum Gasteiger partial charge on any atom is 0.329 e. The molecule has 2 amide bonds. The average molecular weight is 378 g/mol. The fourth-order valence-electron chi connectivity index (χ4n) is 1.75. The summed E-state index contributed by atoms with van der Waals surface area (Å²) >= 11 is 3.29. The van der Waals surface area contributed by atoms with E-state index in [1.54, 1.807) is 31.4 Å². The highest BCUT2D eigenvalue weighted by atomic mass is 79.9. The molecule has 1 heterocycles. The van der Waals surface area contributed by atoms with Gasteiger partial charge in [0.1, 0.15) is 5.76 Å². The number of halogens is 1. The number of benzene rings is 1. The van der Waals surface area contributed by atoms with Crippen LogP contribution >= 0.6 is 15.9 Å². The summed E-state index contributed by atoms with van der Waals surface area (Å²) < 4.78 is 5.91. The Labute approximate surface area is 142 Å². The number of nitrogens with zero attached hydrogens (tertiary/aromatic N) is 1. The third kappa shape index (κ3) is 5.37. The number of carbonyl (C=O) groups excluding carboxylic acids is 2. The molecule has 2 aromatic rings. The predicted octanol–water partition coefficient (Wildman–Crippen LogP) is 3.11. The first kappa shape index (κ1) is 17.0. The molecule has 0 atom stereocenters. The van der Waals surface area contributed by atoms with E-state index in [1.165, 1.54) is 0 Å². The summed E-state index contributed by atoms with van der Waals surface area (Å²) in [5.41, 5.74) is 3.46. The molecule has 2 N–H and O–H groups in total. The molecule has 0 aliphatic heterocycles. The van der Waals surface area contributed by atoms with Gasteiger partial charge in [-0.3, -0.25) is 9.59 Å². The second-order valence-corrected chi connectivity index (χ2v) is 5.66. The van der Waals surface area contributed by atoms with Crippen molar-refractivity contribution in [1.82, 2.24) is 5.43 Å². The minimum Gasteiger partial charge on any atom is -0.469 e. The molecule has 0 radical (unpaired) electrons. The second kappa shape index (κ2) is 8.28. The van der Waals surface area contributed by atoms with Crippen molar-refractivity contribution in [2.24, 2.45) is 5.10 Å². The first-order valence-electron chi connectivity index (χ1n) is 6.97. The van der Waals surface area contributed by atoms with Crippen LogP contribution < -0.4 is 10.7 Å². The number of hydrazone groups is 1. The van der Waals surface area contributed by atoms with E-state index in [-0.39, 0.29) is 0 Å². The second-order valence-electron chi connectivity index (χ2n) is 4.80. The van der Waals surface area contributed by atoms with Gasteiger partial charge in [-0.15, -0.1) is 0 Å². The fraction of sp³-hybridized carbons (Fsp3) is 0.188. The molecule has 0 spiro atoms. The van der Waals surface area contributed by atoms with Crippen LogP contribution in [0.2, 0.25) is 0 Å². The molecular weight excluding hydrogens is 362 g/mol. The SMILES string of the molecule is C/C(CCc1ccco1)=N\NC(=O)C(=O)Nc1ccccc1Br. The summed E-state index contributed by atoms with van der Waals surface area (Å²) in [4.78, 5) is 23.5. The molecule has 6 nitrogen and oxygen atoms in total. The maximum atomic E-state index is 11.8. The van der Waals surface area contributed by atoms with Gasteiger partial charge in [0.25, 0.3) is 0 Å². The number of para-hydroxylation sites is 1. The lowest BCUT2D eigenvalue weighted by Gasteiger charge is -2.06. The molecule has 0 aliphatic carbocycles. The Morgan fingerprint density at radius 3 is 2.65 bits per heavy atom. The lowest BCUT2D eigenvalue weighted by atomic mass is 10.2. The Morgan fingerprint density at radius 2 is 1.96 bits per heavy atom. The summed E-state index contributed by atoms with van der Waals surface area (Å²) in [7, 11) is 0. The standard InChI is InChI=1S/C16H16BrN3O3/c1-11(8-9-12-5-4-10-23-12)19-20-16(22)15(21)18-14-7-3-2-6-13(14)17/h2-7,10H,8-9H2,1H3,(H,18,21)(H,20,22)/b19-11+. The van der Waals surface area contributed by atoms with Crippen LogP contribution in [-0.2, 0) is 16.0 Å². The minimum atomic E-state index is -0.821. The van der Waals surface area contributed by atoms with Crippen molar-refractivity contribution in [2.45, 2.75) is 19.8 Å². The van der Waals surface area contributed by atoms with Crippen LogP contribution in [0.15, 0.2) is 56.7 Å². The highest BCUT2D eigenvalue weighted by Crippen LogP contribution is 2.20. The topological polar surface area (TPSA) is 83.7 Å². The van der Waals surface area contributed by atoms with Gasteiger partial charge >= 0.3 is 11.8 Å². The Kier molecular flexibility index (Phi) is 6.10. The maximum absolute atomic E-state index is 11.8. The van der Waals surface area contributed by atoms with E-state index in [4.69, 9.17) is 4.42 Å². The average Bonchev–Trinajstić information content (AvgIpc) is 3.06. The number of amides is 2. The number of hydrogen-bond donors (Lipinski definition) is 2. The molecule has 0 fully saturated rings. The molecular formula is C16H16BrN3O3. The number of nitrogens with one attached hydrogen (secondary N) is 2. The van der Waals surface area contributed by atoms with Crippen LogP contribution in [0.1, 0.15) is 19.1 Å². The number of hydrogen-bond acceptors (Lipinski definition) is 4. The summed E-state index contributed by atoms with van der Waals surface area (Å²) in [6.07, 6.45) is 2.91. The molecule has 120 valence electrons. The molecule has 1 aromatic carbocycles. The number of carbonyl (C=O) groups is 2. The van der Waals surface area contributed by atoms with Gasteiger partial charge in [-0.05, 0) is 53.5 Å². The number of rotatable bonds is 5. The van der Waals surface area contributed by atoms with E-state index in [9.17, 15) is 9.59 Å². The number of aryl methyl sites for hydroxylation is 1. The van der Waals surface area contributed by atoms with Crippen molar-refractivity contribution >= 4 is 39.1 Å². The summed E-state index contributed by atoms with van der Waals surface area (Å²) in [6.45, 7) is 1.77. The minimum absolute atomic E-state index is 0.520. The molecule has 0 aliphatic rings. The first-order chi connectivity index (χ1) is 11.1. The van der Waals surface area contributed by atoms with E-state index >= 15 is 0 Å². The van der Waals surface area contributed by atoms with E-state index in [2.05, 4.69) is 31.8 Å². The van der Waals surface area contributed by atoms with E-state index in [1.807, 2.05) is 18.2 Å². The Morgan fingerprint density at radius 1 is 1.17 bits per heavy atom. The van der Waals surface area contributed by atoms with Crippen LogP contribution in [0.3, 0.4) is 0 Å². The molecule has 23 heavy (non-hydrogen) atoms. The highest BCUT2D eigenvalue weighted by Gasteiger charge is 2.14. The molecule has 0 unspecified atom stereocenters. The van der Waals surface area contributed by atoms with Crippen molar-refractivity contribution in [2.75, 3.05) is 5.32 Å². The van der Waals surface area contributed by atoms with Crippen molar-refractivity contribution in [1.29, 1.82) is 0 Å². The van der Waals surface area contributed by atoms with Crippen LogP contribution in [0.5, 0.6) is 0 Å². The largest absolute Gasteiger partial charge is 0.469 e. The highest BCUT2D eigenvalue weighted by molar-refractivity contribution is 9.10. The van der Waals surface area contributed by atoms with Crippen molar-refractivity contribution < 1.29 is 14.0 Å². The molecule has 1 aromatic heterocycles. The molecule has 0 saturated carbocycles. The van der Waals surface area contributed by atoms with Gasteiger partial charge in [0, 0.05) is 16.6 Å². The normalized spacial score (nSPS) is 11.1. The predicted molar refractivity (Wildman–Crippen MR) is 91.1 cm³/mol. The molecule has 7 heteroatoms. The Balaban J connectivity index is 1.82. The third-order valence-electron chi connectivity index (χ3n) is 2.99. The van der Waals surface area contributed by atoms with E-state index in [0.29, 0.717) is 28.7 Å². The summed E-state index contributed by atoms with van der Waals surface area (Å²) in [5.74, 6) is -0.755. The zero-order chi connectivity index (χ0) is 16.7. The van der Waals surface area contributed by atoms with Gasteiger partial charge in [0.05, 0.1) is 12.0 Å². The van der Waals surface area contributed by atoms with Crippen molar-refractivity contribution in [3.05, 3.63) is 52.9 Å². The smallest absolute Gasteiger partial charge is 0.329 e.